The number of carboxylic acid groups (broad SMARTS) is 1. The molecule has 0 saturated heterocycles. The monoisotopic (exact) mass is 452 g/mol. The summed E-state index contributed by atoms with van der Waals surface area (Å²) in [6, 6.07) is 0. The van der Waals surface area contributed by atoms with Crippen molar-refractivity contribution < 1.29 is 19.4 Å². The molecular formula is C26H48O4Si. The first-order chi connectivity index (χ1) is 14.4. The molecule has 4 nitrogen and oxygen atoms in total. The average molecular weight is 453 g/mol. The average Bonchev–Trinajstić information content (AvgIpc) is 3.31. The van der Waals surface area contributed by atoms with Gasteiger partial charge in [0.2, 0.25) is 0 Å². The van der Waals surface area contributed by atoms with E-state index >= 15 is 0 Å². The van der Waals surface area contributed by atoms with Crippen molar-refractivity contribution in [1.29, 1.82) is 0 Å². The molecule has 0 aliphatic heterocycles. The first-order valence-electron chi connectivity index (χ1n) is 12.7. The minimum atomic E-state index is -2.21. The molecule has 2 rings (SSSR count). The summed E-state index contributed by atoms with van der Waals surface area (Å²) in [7, 11) is -2.21. The summed E-state index contributed by atoms with van der Waals surface area (Å²) < 4.78 is 6.77. The summed E-state index contributed by atoms with van der Waals surface area (Å²) in [6.07, 6.45) is 13.8. The quantitative estimate of drug-likeness (QED) is 0.189. The van der Waals surface area contributed by atoms with Crippen LogP contribution in [0.4, 0.5) is 0 Å². The van der Waals surface area contributed by atoms with Crippen molar-refractivity contribution in [3.8, 4) is 0 Å². The Morgan fingerprint density at radius 2 is 1.81 bits per heavy atom. The van der Waals surface area contributed by atoms with Crippen LogP contribution >= 0.6 is 0 Å². The predicted molar refractivity (Wildman–Crippen MR) is 131 cm³/mol. The van der Waals surface area contributed by atoms with Gasteiger partial charge in [-0.05, 0) is 69.0 Å². The lowest BCUT2D eigenvalue weighted by Gasteiger charge is -2.46. The number of aliphatic hydroxyl groups excluding tert-OH is 1. The zero-order chi connectivity index (χ0) is 23.3. The lowest BCUT2D eigenvalue weighted by Crippen LogP contribution is -2.57. The van der Waals surface area contributed by atoms with Crippen LogP contribution < -0.4 is 0 Å². The van der Waals surface area contributed by atoms with Crippen molar-refractivity contribution in [1.82, 2.24) is 0 Å². The van der Waals surface area contributed by atoms with Crippen LogP contribution in [0.3, 0.4) is 0 Å². The van der Waals surface area contributed by atoms with Gasteiger partial charge in [0.15, 0.2) is 13.9 Å². The highest BCUT2D eigenvalue weighted by Crippen LogP contribution is 2.46. The minimum absolute atomic E-state index is 0.00701. The second-order valence-electron chi connectivity index (χ2n) is 11.6. The van der Waals surface area contributed by atoms with Crippen LogP contribution in [0.1, 0.15) is 105 Å². The fourth-order valence-electron chi connectivity index (χ4n) is 5.38. The molecule has 2 aliphatic carbocycles. The maximum atomic E-state index is 12.7. The third kappa shape index (κ3) is 6.45. The molecule has 180 valence electrons. The molecule has 2 aliphatic rings. The summed E-state index contributed by atoms with van der Waals surface area (Å²) in [5.41, 5.74) is 0.404. The van der Waals surface area contributed by atoms with Gasteiger partial charge in [-0.1, -0.05) is 71.4 Å². The molecular weight excluding hydrogens is 404 g/mol. The number of aliphatic hydroxyl groups is 1. The maximum Gasteiger partial charge on any atom is 0.335 e. The number of hydrogen-bond acceptors (Lipinski definition) is 3. The van der Waals surface area contributed by atoms with Gasteiger partial charge in [-0.25, -0.2) is 4.79 Å². The van der Waals surface area contributed by atoms with Crippen molar-refractivity contribution >= 4 is 14.3 Å². The van der Waals surface area contributed by atoms with E-state index in [0.717, 1.165) is 70.6 Å². The van der Waals surface area contributed by atoms with E-state index in [-0.39, 0.29) is 17.1 Å². The molecule has 5 heteroatoms. The van der Waals surface area contributed by atoms with E-state index in [1.165, 1.54) is 5.57 Å². The fourth-order valence-corrected chi connectivity index (χ4v) is 6.95. The van der Waals surface area contributed by atoms with Crippen molar-refractivity contribution in [2.75, 3.05) is 0 Å². The van der Waals surface area contributed by atoms with Gasteiger partial charge in [-0.2, -0.15) is 0 Å². The summed E-state index contributed by atoms with van der Waals surface area (Å²) in [4.78, 5) is 12.7. The van der Waals surface area contributed by atoms with E-state index in [9.17, 15) is 15.0 Å². The topological polar surface area (TPSA) is 66.8 Å². The molecule has 1 unspecified atom stereocenters. The molecule has 0 aromatic carbocycles. The number of aliphatic carboxylic acids is 1. The summed E-state index contributed by atoms with van der Waals surface area (Å²) in [6.45, 7) is 13.1. The summed E-state index contributed by atoms with van der Waals surface area (Å²) in [5, 5.41) is 20.8. The molecule has 1 fully saturated rings. The largest absolute Gasteiger partial charge is 0.479 e. The molecule has 0 radical (unpaired) electrons. The highest BCUT2D eigenvalue weighted by atomic mass is 28.4. The number of unbranched alkanes of at least 4 members (excludes halogenated alkanes) is 2. The molecule has 0 spiro atoms. The first kappa shape index (κ1) is 26.6. The van der Waals surface area contributed by atoms with Crippen molar-refractivity contribution in [3.63, 3.8) is 0 Å². The van der Waals surface area contributed by atoms with Gasteiger partial charge in [0.1, 0.15) is 0 Å². The Hall–Kier alpha value is -0.653. The molecule has 1 saturated carbocycles. The maximum absolute atomic E-state index is 12.7. The van der Waals surface area contributed by atoms with Gasteiger partial charge < -0.3 is 14.6 Å². The van der Waals surface area contributed by atoms with E-state index in [4.69, 9.17) is 4.43 Å². The van der Waals surface area contributed by atoms with Crippen LogP contribution in [0, 0.1) is 11.8 Å². The zero-order valence-corrected chi connectivity index (χ0v) is 22.0. The van der Waals surface area contributed by atoms with Gasteiger partial charge in [0.05, 0.1) is 6.10 Å². The van der Waals surface area contributed by atoms with Gasteiger partial charge in [0.25, 0.3) is 0 Å². The zero-order valence-electron chi connectivity index (χ0n) is 21.0. The van der Waals surface area contributed by atoms with E-state index in [1.54, 1.807) is 0 Å². The normalized spacial score (nSPS) is 24.9. The van der Waals surface area contributed by atoms with E-state index in [1.807, 2.05) is 0 Å². The second kappa shape index (κ2) is 11.0. The number of rotatable bonds is 12. The van der Waals surface area contributed by atoms with Crippen molar-refractivity contribution in [2.45, 2.75) is 135 Å². The minimum Gasteiger partial charge on any atom is -0.479 e. The molecule has 0 aromatic heterocycles. The van der Waals surface area contributed by atoms with Crippen molar-refractivity contribution in [3.05, 3.63) is 11.6 Å². The number of carboxylic acids is 1. The van der Waals surface area contributed by atoms with Crippen LogP contribution in [0.25, 0.3) is 0 Å². The van der Waals surface area contributed by atoms with Gasteiger partial charge in [0, 0.05) is 5.92 Å². The Kier molecular flexibility index (Phi) is 9.42. The highest BCUT2D eigenvalue weighted by molar-refractivity contribution is 6.74. The lowest BCUT2D eigenvalue weighted by molar-refractivity contribution is -0.163. The Bertz CT molecular complexity index is 615. The molecule has 31 heavy (non-hydrogen) atoms. The Morgan fingerprint density at radius 1 is 1.16 bits per heavy atom. The van der Waals surface area contributed by atoms with Crippen molar-refractivity contribution in [2.24, 2.45) is 11.8 Å². The van der Waals surface area contributed by atoms with Gasteiger partial charge >= 0.3 is 5.97 Å². The summed E-state index contributed by atoms with van der Waals surface area (Å²) >= 11 is 0. The Balaban J connectivity index is 2.01. The SMILES string of the molecule is CCCC1=CC[C@H](O)[C@@H]1CCCCCC(O[Si](C)(C)C(C)(C)C)(C(=O)O)C1CCCC1. The van der Waals surface area contributed by atoms with Crippen LogP contribution in [0.15, 0.2) is 11.6 Å². The molecule has 3 atom stereocenters. The highest BCUT2D eigenvalue weighted by Gasteiger charge is 2.53. The standard InChI is InChI=1S/C26H48O4Si/c1-7-13-20-17-18-23(27)22(20)16-9-8-12-19-26(24(28)29,21-14-10-11-15-21)30-31(5,6)25(2,3)4/h17,21-23,27H,7-16,18-19H2,1-6H3,(H,28,29)/t22-,23+,26?/m1/s1. The molecule has 0 bridgehead atoms. The van der Waals surface area contributed by atoms with Gasteiger partial charge in [-0.3, -0.25) is 0 Å². The molecule has 0 amide bonds. The van der Waals surface area contributed by atoms with Crippen LogP contribution in [0.5, 0.6) is 0 Å². The molecule has 2 N–H and O–H groups in total. The predicted octanol–water partition coefficient (Wildman–Crippen LogP) is 7.08. The molecule has 0 heterocycles. The van der Waals surface area contributed by atoms with Crippen LogP contribution in [-0.2, 0) is 9.22 Å². The molecule has 0 aromatic rings. The fraction of sp³-hybridized carbons (Fsp3) is 0.885. The third-order valence-corrected chi connectivity index (χ3v) is 12.8. The van der Waals surface area contributed by atoms with Gasteiger partial charge in [-0.15, -0.1) is 0 Å². The third-order valence-electron chi connectivity index (χ3n) is 8.28. The second-order valence-corrected chi connectivity index (χ2v) is 16.3. The Labute approximate surface area is 192 Å². The van der Waals surface area contributed by atoms with Crippen LogP contribution in [0.2, 0.25) is 18.1 Å². The van der Waals surface area contributed by atoms with E-state index < -0.39 is 19.9 Å². The van der Waals surface area contributed by atoms with E-state index in [0.29, 0.717) is 12.3 Å². The van der Waals surface area contributed by atoms with E-state index in [2.05, 4.69) is 46.9 Å². The van der Waals surface area contributed by atoms with Crippen LogP contribution in [-0.4, -0.2) is 36.2 Å². The Morgan fingerprint density at radius 3 is 2.35 bits per heavy atom. The summed E-state index contributed by atoms with van der Waals surface area (Å²) in [5.74, 6) is -0.305. The number of hydrogen-bond donors (Lipinski definition) is 2. The lowest BCUT2D eigenvalue weighted by atomic mass is 9.81. The first-order valence-corrected chi connectivity index (χ1v) is 15.7. The smallest absolute Gasteiger partial charge is 0.335 e. The number of carbonyl (C=O) groups is 1.